The highest BCUT2D eigenvalue weighted by Gasteiger charge is 2.71. The number of hydrogen-bond donors (Lipinski definition) is 7. The van der Waals surface area contributed by atoms with Crippen molar-refractivity contribution in [3.63, 3.8) is 0 Å². The predicted octanol–water partition coefficient (Wildman–Crippen LogP) is 5.48. The Morgan fingerprint density at radius 2 is 1.80 bits per heavy atom. The Bertz CT molecular complexity index is 1960. The van der Waals surface area contributed by atoms with E-state index in [1.165, 1.54) is 28.6 Å². The first kappa shape index (κ1) is 36.1. The number of aliphatic imine (C=N–C) groups is 1. The lowest BCUT2D eigenvalue weighted by Gasteiger charge is -2.58. The number of nitrogens with one attached hydrogen (secondary N) is 3. The van der Waals surface area contributed by atoms with Gasteiger partial charge in [0, 0.05) is 41.9 Å². The van der Waals surface area contributed by atoms with Crippen LogP contribution in [0.1, 0.15) is 76.0 Å². The lowest BCUT2D eigenvalue weighted by molar-refractivity contribution is -0.128. The lowest BCUT2D eigenvalue weighted by Crippen LogP contribution is -2.56. The van der Waals surface area contributed by atoms with Gasteiger partial charge in [-0.15, -0.1) is 0 Å². The number of allylic oxidation sites excluding steroid dienone is 2. The Labute approximate surface area is 320 Å². The molecular formula is C46H59N5O3. The summed E-state index contributed by atoms with van der Waals surface area (Å²) in [6.45, 7) is 3.57. The Balaban J connectivity index is 1.17. The van der Waals surface area contributed by atoms with Crippen molar-refractivity contribution in [2.24, 2.45) is 57.1 Å². The van der Waals surface area contributed by atoms with Gasteiger partial charge in [0.25, 0.3) is 0 Å². The second-order valence-electron chi connectivity index (χ2n) is 18.4. The fourth-order valence-corrected chi connectivity index (χ4v) is 13.1. The summed E-state index contributed by atoms with van der Waals surface area (Å²) in [7, 11) is 2.06. The van der Waals surface area contributed by atoms with Gasteiger partial charge in [0.15, 0.2) is 5.96 Å². The van der Waals surface area contributed by atoms with Crippen molar-refractivity contribution >= 4 is 16.9 Å². The van der Waals surface area contributed by atoms with Crippen LogP contribution in [0.2, 0.25) is 0 Å². The number of benzene rings is 2. The number of para-hydroxylation sites is 1. The molecule has 5 fully saturated rings. The number of aromatic amines is 1. The van der Waals surface area contributed by atoms with Crippen molar-refractivity contribution in [1.29, 1.82) is 0 Å². The summed E-state index contributed by atoms with van der Waals surface area (Å²) in [5.41, 5.74) is 8.82. The van der Waals surface area contributed by atoms with E-state index in [-0.39, 0.29) is 46.8 Å². The van der Waals surface area contributed by atoms with Crippen molar-refractivity contribution in [3.8, 4) is 11.8 Å². The quantitative estimate of drug-likeness (QED) is 0.0710. The number of rotatable bonds is 8. The van der Waals surface area contributed by atoms with E-state index in [4.69, 9.17) is 5.73 Å². The number of nitrogens with zero attached hydrogens (tertiary/aromatic N) is 1. The van der Waals surface area contributed by atoms with E-state index in [1.807, 2.05) is 25.1 Å². The Morgan fingerprint density at radius 3 is 2.61 bits per heavy atom. The molecule has 7 aliphatic rings. The van der Waals surface area contributed by atoms with Gasteiger partial charge in [0.05, 0.1) is 23.3 Å². The minimum Gasteiger partial charge on any atom is -0.390 e. The molecule has 0 radical (unpaired) electrons. The van der Waals surface area contributed by atoms with Crippen molar-refractivity contribution in [2.45, 2.75) is 101 Å². The fraction of sp³-hybridized carbons (Fsp3) is 0.587. The van der Waals surface area contributed by atoms with E-state index < -0.39 is 23.3 Å². The second-order valence-corrected chi connectivity index (χ2v) is 18.4. The van der Waals surface area contributed by atoms with E-state index in [1.54, 1.807) is 0 Å². The molecule has 12 atom stereocenters. The molecule has 0 aliphatic heterocycles. The molecule has 286 valence electrons. The zero-order valence-corrected chi connectivity index (χ0v) is 32.0. The third-order valence-electron chi connectivity index (χ3n) is 15.5. The van der Waals surface area contributed by atoms with Crippen LogP contribution >= 0.6 is 0 Å². The van der Waals surface area contributed by atoms with Crippen LogP contribution in [0.25, 0.3) is 10.9 Å². The zero-order chi connectivity index (χ0) is 37.3. The predicted molar refractivity (Wildman–Crippen MR) is 214 cm³/mol. The van der Waals surface area contributed by atoms with Gasteiger partial charge in [-0.3, -0.25) is 4.99 Å². The minimum absolute atomic E-state index is 0.0400. The first-order chi connectivity index (χ1) is 26.0. The molecule has 54 heavy (non-hydrogen) atoms. The molecule has 0 saturated heterocycles. The first-order valence-corrected chi connectivity index (χ1v) is 20.7. The second kappa shape index (κ2) is 13.5. The Hall–Kier alpha value is -3.61. The van der Waals surface area contributed by atoms with Gasteiger partial charge < -0.3 is 36.7 Å². The SMILES string of the molecule is CNC[C@H]1CC[C@]2(C=C(Cc3cc4ccccc4[nH]3)[C@@]34C[C@H]5CC[C@@H]3[C@H]3[C@H](C[C@H](O)[C@@]3(O)C[C@@H](NC(N)=NCCc3ccccc3)C#C[C@H]4C2)[C@]5(C)O)C1. The number of hydrogen-bond acceptors (Lipinski definition) is 5. The van der Waals surface area contributed by atoms with Gasteiger partial charge in [-0.2, -0.15) is 0 Å². The third kappa shape index (κ3) is 5.93. The third-order valence-corrected chi connectivity index (χ3v) is 15.5. The number of aromatic nitrogens is 1. The van der Waals surface area contributed by atoms with Crippen molar-refractivity contribution in [3.05, 3.63) is 83.6 Å². The maximum Gasteiger partial charge on any atom is 0.189 e. The molecule has 7 aliphatic carbocycles. The van der Waals surface area contributed by atoms with Crippen LogP contribution < -0.4 is 16.4 Å². The summed E-state index contributed by atoms with van der Waals surface area (Å²) < 4.78 is 0. The van der Waals surface area contributed by atoms with Crippen LogP contribution in [0.15, 0.2) is 77.3 Å². The highest BCUT2D eigenvalue weighted by Crippen LogP contribution is 2.72. The van der Waals surface area contributed by atoms with Crippen molar-refractivity contribution < 1.29 is 15.3 Å². The van der Waals surface area contributed by atoms with Gasteiger partial charge in [0.1, 0.15) is 0 Å². The molecule has 1 heterocycles. The summed E-state index contributed by atoms with van der Waals surface area (Å²) in [6.07, 6.45) is 11.1. The molecule has 10 rings (SSSR count). The summed E-state index contributed by atoms with van der Waals surface area (Å²) in [5, 5.41) is 45.9. The van der Waals surface area contributed by atoms with Gasteiger partial charge in [-0.1, -0.05) is 72.0 Å². The highest BCUT2D eigenvalue weighted by molar-refractivity contribution is 5.80. The first-order valence-electron chi connectivity index (χ1n) is 20.7. The van der Waals surface area contributed by atoms with Crippen molar-refractivity contribution in [1.82, 2.24) is 15.6 Å². The Morgan fingerprint density at radius 1 is 0.981 bits per heavy atom. The van der Waals surface area contributed by atoms with Crippen LogP contribution in [0.5, 0.6) is 0 Å². The van der Waals surface area contributed by atoms with E-state index in [0.29, 0.717) is 24.8 Å². The molecule has 8 N–H and O–H groups in total. The van der Waals surface area contributed by atoms with Crippen LogP contribution in [-0.4, -0.2) is 69.7 Å². The van der Waals surface area contributed by atoms with Crippen LogP contribution in [0.3, 0.4) is 0 Å². The van der Waals surface area contributed by atoms with Gasteiger partial charge in [-0.25, -0.2) is 0 Å². The van der Waals surface area contributed by atoms with E-state index in [9.17, 15) is 15.3 Å². The average Bonchev–Trinajstić information content (AvgIpc) is 3.79. The normalized spacial score (nSPS) is 41.0. The van der Waals surface area contributed by atoms with E-state index in [2.05, 4.69) is 88.0 Å². The minimum atomic E-state index is -1.44. The molecule has 2 spiro atoms. The molecule has 2 aromatic carbocycles. The standard InChI is InChI=1S/C46H59N5O3/c1-43(53)32-13-15-37-41-38(43)22-40(52)46(41,54)27-35(51-42(47)49-19-17-29-8-4-3-5-9-29)14-12-33-24-44(18-16-30(23-44)28-48-2)25-34(45(33,37)26-32)21-36-20-31-10-6-7-11-39(31)50-36/h3-11,20,25,30,32-33,35,37-38,40-41,48,50,52-54H,13,15-19,21-24,26-28H2,1-2H3,(H3,47,49,51)/t30-,32+,33-,35-,37+,38-,40-,41-,43+,44-,45-,46-/m0/s1. The lowest BCUT2D eigenvalue weighted by atomic mass is 9.46. The van der Waals surface area contributed by atoms with E-state index in [0.717, 1.165) is 63.4 Å². The number of aliphatic hydroxyl groups is 3. The molecule has 5 saturated carbocycles. The highest BCUT2D eigenvalue weighted by atomic mass is 16.3. The smallest absolute Gasteiger partial charge is 0.189 e. The summed E-state index contributed by atoms with van der Waals surface area (Å²) in [6, 6.07) is 20.6. The molecule has 8 heteroatoms. The molecule has 8 nitrogen and oxygen atoms in total. The van der Waals surface area contributed by atoms with Crippen LogP contribution in [0, 0.1) is 58.2 Å². The maximum absolute atomic E-state index is 13.1. The maximum atomic E-state index is 13.1. The van der Waals surface area contributed by atoms with Crippen molar-refractivity contribution in [2.75, 3.05) is 20.1 Å². The number of fused-ring (bicyclic) bond motifs is 2. The molecule has 3 aromatic rings. The molecule has 1 aromatic heterocycles. The van der Waals surface area contributed by atoms with Crippen LogP contribution in [-0.2, 0) is 12.8 Å². The zero-order valence-electron chi connectivity index (χ0n) is 32.0. The topological polar surface area (TPSA) is 139 Å². The van der Waals surface area contributed by atoms with Gasteiger partial charge in [0.2, 0.25) is 0 Å². The van der Waals surface area contributed by atoms with Gasteiger partial charge in [-0.05, 0) is 136 Å². The molecule has 0 amide bonds. The van der Waals surface area contributed by atoms with Crippen LogP contribution in [0.4, 0.5) is 0 Å². The largest absolute Gasteiger partial charge is 0.390 e. The fourth-order valence-electron chi connectivity index (χ4n) is 13.1. The van der Waals surface area contributed by atoms with Gasteiger partial charge >= 0.3 is 0 Å². The molecular weight excluding hydrogens is 671 g/mol. The van der Waals surface area contributed by atoms with E-state index >= 15 is 0 Å². The Kier molecular flexibility index (Phi) is 9.05. The number of aliphatic hydroxyl groups excluding tert-OH is 1. The number of H-pyrrole nitrogens is 1. The number of nitrogens with two attached hydrogens (primary N) is 1. The summed E-state index contributed by atoms with van der Waals surface area (Å²) in [4.78, 5) is 8.46. The summed E-state index contributed by atoms with van der Waals surface area (Å²) >= 11 is 0. The average molecular weight is 730 g/mol. The molecule has 0 unspecified atom stereocenters. The molecule has 4 bridgehead atoms. The monoisotopic (exact) mass is 729 g/mol. The summed E-state index contributed by atoms with van der Waals surface area (Å²) in [5.74, 6) is 8.23. The number of guanidine groups is 1.